The van der Waals surface area contributed by atoms with E-state index >= 15 is 0 Å². The van der Waals surface area contributed by atoms with E-state index in [0.717, 1.165) is 44.4 Å². The summed E-state index contributed by atoms with van der Waals surface area (Å²) in [7, 11) is 0. The van der Waals surface area contributed by atoms with Crippen molar-refractivity contribution in [1.29, 1.82) is 0 Å². The minimum atomic E-state index is -0.745. The third kappa shape index (κ3) is 23.2. The number of carbonyl (C=O) groups excluding carboxylic acids is 1. The van der Waals surface area contributed by atoms with Crippen LogP contribution in [0.25, 0.3) is 0 Å². The molecule has 0 aliphatic carbocycles. The van der Waals surface area contributed by atoms with E-state index in [0.29, 0.717) is 5.78 Å². The average molecular weight is 294 g/mol. The zero-order valence-corrected chi connectivity index (χ0v) is 15.7. The molecule has 0 amide bonds. The van der Waals surface area contributed by atoms with Crippen LogP contribution in [0.15, 0.2) is 0 Å². The van der Waals surface area contributed by atoms with Crippen molar-refractivity contribution < 1.29 is 14.7 Å². The normalized spacial score (nSPS) is 9.80. The van der Waals surface area contributed by atoms with Crippen molar-refractivity contribution in [2.45, 2.75) is 88.1 Å². The van der Waals surface area contributed by atoms with Gasteiger partial charge in [0.2, 0.25) is 0 Å². The summed E-state index contributed by atoms with van der Waals surface area (Å²) in [5, 5.41) is 7.72. The first kappa shape index (κ1) is 22.4. The quantitative estimate of drug-likeness (QED) is 0.424. The number of ketones is 1. The van der Waals surface area contributed by atoms with Gasteiger partial charge in [0, 0.05) is 6.42 Å². The number of carboxylic acids is 1. The molecule has 1 N–H and O–H groups in total. The van der Waals surface area contributed by atoms with Gasteiger partial charge >= 0.3 is 112 Å². The van der Waals surface area contributed by atoms with E-state index in [-0.39, 0.29) is 6.42 Å². The number of hydrogen-bond acceptors (Lipinski definition) is 2. The fourth-order valence-electron chi connectivity index (χ4n) is 1.81. The summed E-state index contributed by atoms with van der Waals surface area (Å²) in [5.74, 6) is -0.255. The van der Waals surface area contributed by atoms with Gasteiger partial charge in [-0.25, -0.2) is 0 Å². The van der Waals surface area contributed by atoms with Crippen molar-refractivity contribution in [1.82, 2.24) is 0 Å². The third-order valence-corrected chi connectivity index (χ3v) is 4.04. The second-order valence-corrected chi connectivity index (χ2v) is 5.93. The van der Waals surface area contributed by atoms with Crippen LogP contribution in [0, 0.1) is 0 Å². The first-order valence-electron chi connectivity index (χ1n) is 8.31. The summed E-state index contributed by atoms with van der Waals surface area (Å²) in [4.78, 5) is 20.4. The van der Waals surface area contributed by atoms with Crippen LogP contribution in [0.4, 0.5) is 0 Å². The number of carboxylic acid groups (broad SMARTS) is 1. The Morgan fingerprint density at radius 2 is 1.25 bits per heavy atom. The molecule has 0 rings (SSSR count). The molecule has 0 aromatic rings. The van der Waals surface area contributed by atoms with E-state index in [1.165, 1.54) is 51.4 Å². The maximum absolute atomic E-state index is 11.1. The molecule has 0 saturated carbocycles. The molecule has 0 saturated heterocycles. The van der Waals surface area contributed by atoms with Gasteiger partial charge in [0.1, 0.15) is 0 Å². The number of Topliss-reactive ketones (excluding diaryl/α,β-unsaturated/α-hetero) is 1. The Balaban J connectivity index is 0. The standard InChI is InChI=1S/C13H25O.C3H6O2.Na/c1-3-4-5-6-7-8-9-10-11-12-13(2)14;1-2-3(4)5;/h2-12H2,1H3;2H2,1H3,(H,4,5);. The fraction of sp³-hybridized carbons (Fsp3) is 0.875. The molecule has 114 valence electrons. The van der Waals surface area contributed by atoms with Gasteiger partial charge in [0.15, 0.2) is 0 Å². The molecule has 0 unspecified atom stereocenters. The van der Waals surface area contributed by atoms with Gasteiger partial charge < -0.3 is 5.11 Å². The second kappa shape index (κ2) is 19.1. The van der Waals surface area contributed by atoms with Crippen LogP contribution in [-0.4, -0.2) is 44.8 Å². The van der Waals surface area contributed by atoms with Gasteiger partial charge in [0.25, 0.3) is 0 Å². The van der Waals surface area contributed by atoms with E-state index in [1.807, 2.05) is 0 Å². The molecule has 0 aliphatic heterocycles. The summed E-state index contributed by atoms with van der Waals surface area (Å²) in [5.41, 5.74) is 0. The molecule has 0 aromatic heterocycles. The fourth-order valence-corrected chi connectivity index (χ4v) is 2.16. The summed E-state index contributed by atoms with van der Waals surface area (Å²) in [6, 6.07) is 0. The Labute approximate surface area is 142 Å². The van der Waals surface area contributed by atoms with Crippen LogP contribution in [0.2, 0.25) is 3.67 Å². The van der Waals surface area contributed by atoms with Crippen molar-refractivity contribution in [2.75, 3.05) is 0 Å². The van der Waals surface area contributed by atoms with Crippen molar-refractivity contribution in [3.05, 3.63) is 0 Å². The third-order valence-electron chi connectivity index (χ3n) is 3.26. The predicted octanol–water partition coefficient (Wildman–Crippen LogP) is 4.54. The summed E-state index contributed by atoms with van der Waals surface area (Å²) < 4.78 is 0.858. The number of rotatable bonds is 12. The molecule has 0 radical (unpaired) electrons. The van der Waals surface area contributed by atoms with Gasteiger partial charge in [-0.2, -0.15) is 0 Å². The van der Waals surface area contributed by atoms with Gasteiger partial charge in [-0.05, 0) is 0 Å². The molecular formula is C16H31NaO3. The Morgan fingerprint density at radius 1 is 0.850 bits per heavy atom. The van der Waals surface area contributed by atoms with Crippen LogP contribution in [-0.2, 0) is 9.59 Å². The van der Waals surface area contributed by atoms with Crippen molar-refractivity contribution >= 4 is 39.7 Å². The van der Waals surface area contributed by atoms with Gasteiger partial charge in [-0.3, -0.25) is 4.79 Å². The summed E-state index contributed by atoms with van der Waals surface area (Å²) in [6.07, 6.45) is 13.1. The summed E-state index contributed by atoms with van der Waals surface area (Å²) >= 11 is 1.04. The monoisotopic (exact) mass is 294 g/mol. The molecule has 0 heterocycles. The second-order valence-electron chi connectivity index (χ2n) is 5.22. The van der Waals surface area contributed by atoms with Crippen molar-refractivity contribution in [2.24, 2.45) is 0 Å². The number of aliphatic carboxylic acids is 1. The zero-order valence-electron chi connectivity index (χ0n) is 13.7. The van der Waals surface area contributed by atoms with E-state index in [1.54, 1.807) is 6.92 Å². The molecule has 0 aliphatic rings. The minimum absolute atomic E-state index is 0.222. The summed E-state index contributed by atoms with van der Waals surface area (Å²) in [6.45, 7) is 3.86. The number of carbonyl (C=O) groups is 2. The molecule has 0 atom stereocenters. The van der Waals surface area contributed by atoms with E-state index < -0.39 is 5.97 Å². The average Bonchev–Trinajstić information content (AvgIpc) is 2.45. The van der Waals surface area contributed by atoms with E-state index in [9.17, 15) is 9.59 Å². The molecule has 4 heteroatoms. The van der Waals surface area contributed by atoms with E-state index in [4.69, 9.17) is 5.11 Å². The van der Waals surface area contributed by atoms with Crippen LogP contribution in [0.1, 0.15) is 84.5 Å². The maximum atomic E-state index is 11.1. The molecule has 0 aromatic carbocycles. The Hall–Kier alpha value is 0.140. The van der Waals surface area contributed by atoms with Gasteiger partial charge in [0.05, 0.1) is 0 Å². The molecular weight excluding hydrogens is 263 g/mol. The topological polar surface area (TPSA) is 54.4 Å². The van der Waals surface area contributed by atoms with E-state index in [2.05, 4.69) is 6.92 Å². The van der Waals surface area contributed by atoms with Crippen LogP contribution in [0.5, 0.6) is 0 Å². The molecule has 0 fully saturated rings. The zero-order chi connectivity index (χ0) is 15.6. The molecule has 3 nitrogen and oxygen atoms in total. The molecule has 20 heavy (non-hydrogen) atoms. The first-order valence-corrected chi connectivity index (χ1v) is 9.73. The van der Waals surface area contributed by atoms with Crippen molar-refractivity contribution in [3.8, 4) is 0 Å². The Morgan fingerprint density at radius 3 is 1.60 bits per heavy atom. The molecule has 0 spiro atoms. The Bertz CT molecular complexity index is 230. The number of hydrogen-bond donors (Lipinski definition) is 1. The number of unbranched alkanes of at least 4 members (excludes halogenated alkanes) is 8. The van der Waals surface area contributed by atoms with Gasteiger partial charge in [-0.1, -0.05) is 13.8 Å². The first-order chi connectivity index (χ1) is 9.58. The molecule has 0 bridgehead atoms. The SMILES string of the molecule is CCC(=O)O.CCCCCCCCCCCC(=O)[CH2][Na]. The van der Waals surface area contributed by atoms with Crippen molar-refractivity contribution in [3.63, 3.8) is 0 Å². The Kier molecular flexibility index (Phi) is 21.5. The van der Waals surface area contributed by atoms with Crippen LogP contribution >= 0.6 is 0 Å². The van der Waals surface area contributed by atoms with Gasteiger partial charge in [-0.15, -0.1) is 0 Å². The predicted molar refractivity (Wildman–Crippen MR) is 85.3 cm³/mol. The van der Waals surface area contributed by atoms with Crippen LogP contribution < -0.4 is 0 Å². The van der Waals surface area contributed by atoms with Crippen LogP contribution in [0.3, 0.4) is 0 Å².